The first-order valence-electron chi connectivity index (χ1n) is 13.2. The Kier molecular flexibility index (Phi) is 7.94. The summed E-state index contributed by atoms with van der Waals surface area (Å²) in [5.74, 6) is -0.540. The van der Waals surface area contributed by atoms with Crippen molar-refractivity contribution in [1.82, 2.24) is 35.2 Å². The van der Waals surface area contributed by atoms with Gasteiger partial charge in [0.05, 0.1) is 12.2 Å². The van der Waals surface area contributed by atoms with E-state index in [4.69, 9.17) is 0 Å². The molecule has 0 bridgehead atoms. The second kappa shape index (κ2) is 11.5. The number of aromatic amines is 1. The highest BCUT2D eigenvalue weighted by Crippen LogP contribution is 2.29. The number of carbonyl (C=O) groups excluding carboxylic acids is 2. The predicted octanol–water partition coefficient (Wildman–Crippen LogP) is 2.57. The number of rotatable bonds is 8. The lowest BCUT2D eigenvalue weighted by Crippen LogP contribution is -2.49. The number of aromatic nitrogens is 1. The number of carbonyl (C=O) groups is 2. The summed E-state index contributed by atoms with van der Waals surface area (Å²) in [4.78, 5) is 34.7. The molecular weight excluding hydrogens is 492 g/mol. The van der Waals surface area contributed by atoms with Gasteiger partial charge in [0.1, 0.15) is 5.69 Å². The SMILES string of the molecule is CN1C=CN(CCC(=O)N2CCC=C(c3ccc4cc(C(=O)N5CCN(CCCF)CC5)[nH]c4c3F)C2)N1. The van der Waals surface area contributed by atoms with Crippen LogP contribution in [-0.4, -0.2) is 108 Å². The van der Waals surface area contributed by atoms with E-state index in [9.17, 15) is 14.0 Å². The number of hydrazine groups is 2. The number of hydrogen-bond acceptors (Lipinski definition) is 6. The highest BCUT2D eigenvalue weighted by atomic mass is 19.1. The van der Waals surface area contributed by atoms with Gasteiger partial charge in [0, 0.05) is 89.2 Å². The Labute approximate surface area is 221 Å². The molecular formula is C27H35F2N7O2. The van der Waals surface area contributed by atoms with Crippen LogP contribution in [-0.2, 0) is 4.79 Å². The Bertz CT molecular complexity index is 1240. The lowest BCUT2D eigenvalue weighted by molar-refractivity contribution is -0.131. The Morgan fingerprint density at radius 3 is 2.58 bits per heavy atom. The van der Waals surface area contributed by atoms with Crippen molar-refractivity contribution in [3.8, 4) is 0 Å². The van der Waals surface area contributed by atoms with Crippen LogP contribution >= 0.6 is 0 Å². The summed E-state index contributed by atoms with van der Waals surface area (Å²) in [7, 11) is 1.88. The minimum atomic E-state index is -0.410. The van der Waals surface area contributed by atoms with Crippen molar-refractivity contribution in [1.29, 1.82) is 0 Å². The van der Waals surface area contributed by atoms with Gasteiger partial charge in [-0.25, -0.2) is 4.39 Å². The molecule has 4 heterocycles. The Morgan fingerprint density at radius 2 is 1.84 bits per heavy atom. The smallest absolute Gasteiger partial charge is 0.270 e. The summed E-state index contributed by atoms with van der Waals surface area (Å²) in [6.45, 7) is 4.40. The third-order valence-corrected chi connectivity index (χ3v) is 7.40. The van der Waals surface area contributed by atoms with E-state index in [1.165, 1.54) is 0 Å². The molecule has 1 fully saturated rings. The van der Waals surface area contributed by atoms with E-state index in [2.05, 4.69) is 15.4 Å². The molecule has 0 unspecified atom stereocenters. The van der Waals surface area contributed by atoms with Gasteiger partial charge < -0.3 is 14.8 Å². The van der Waals surface area contributed by atoms with Gasteiger partial charge >= 0.3 is 0 Å². The largest absolute Gasteiger partial charge is 0.348 e. The fourth-order valence-corrected chi connectivity index (χ4v) is 5.26. The van der Waals surface area contributed by atoms with Crippen molar-refractivity contribution < 1.29 is 18.4 Å². The van der Waals surface area contributed by atoms with Crippen molar-refractivity contribution in [2.75, 3.05) is 66.1 Å². The van der Waals surface area contributed by atoms with Crippen LogP contribution in [0.5, 0.6) is 0 Å². The first-order chi connectivity index (χ1) is 18.4. The number of H-pyrrole nitrogens is 1. The van der Waals surface area contributed by atoms with Gasteiger partial charge in [0.2, 0.25) is 5.91 Å². The minimum Gasteiger partial charge on any atom is -0.348 e. The lowest BCUT2D eigenvalue weighted by Gasteiger charge is -2.34. The fraction of sp³-hybridized carbons (Fsp3) is 0.481. The van der Waals surface area contributed by atoms with Gasteiger partial charge in [0.15, 0.2) is 5.82 Å². The summed E-state index contributed by atoms with van der Waals surface area (Å²) < 4.78 is 28.1. The van der Waals surface area contributed by atoms with E-state index in [0.29, 0.717) is 93.8 Å². The molecule has 1 saturated heterocycles. The van der Waals surface area contributed by atoms with Crippen LogP contribution < -0.4 is 5.53 Å². The first kappa shape index (κ1) is 26.2. The zero-order chi connectivity index (χ0) is 26.6. The minimum absolute atomic E-state index is 0.0272. The van der Waals surface area contributed by atoms with Crippen molar-refractivity contribution in [2.45, 2.75) is 19.3 Å². The number of amides is 2. The summed E-state index contributed by atoms with van der Waals surface area (Å²) >= 11 is 0. The molecule has 3 aliphatic rings. The first-order valence-corrected chi connectivity index (χ1v) is 13.2. The predicted molar refractivity (Wildman–Crippen MR) is 142 cm³/mol. The van der Waals surface area contributed by atoms with Crippen molar-refractivity contribution in [2.24, 2.45) is 0 Å². The van der Waals surface area contributed by atoms with E-state index in [0.717, 1.165) is 5.57 Å². The highest BCUT2D eigenvalue weighted by molar-refractivity contribution is 5.99. The molecule has 0 aliphatic carbocycles. The Hall–Kier alpha value is -3.44. The summed E-state index contributed by atoms with van der Waals surface area (Å²) in [5.41, 5.74) is 4.97. The summed E-state index contributed by atoms with van der Waals surface area (Å²) in [6.07, 6.45) is 7.27. The van der Waals surface area contributed by atoms with Crippen LogP contribution in [0.3, 0.4) is 0 Å². The number of nitrogens with one attached hydrogen (secondary N) is 2. The number of piperazine rings is 1. The number of alkyl halides is 1. The van der Waals surface area contributed by atoms with Gasteiger partial charge in [-0.15, -0.1) is 5.53 Å². The summed E-state index contributed by atoms with van der Waals surface area (Å²) in [5, 5.41) is 4.29. The third-order valence-electron chi connectivity index (χ3n) is 7.40. The molecule has 2 N–H and O–H groups in total. The molecule has 5 rings (SSSR count). The molecule has 9 nitrogen and oxygen atoms in total. The number of fused-ring (bicyclic) bond motifs is 1. The molecule has 1 aromatic heterocycles. The van der Waals surface area contributed by atoms with E-state index in [1.807, 2.05) is 41.6 Å². The number of hydrogen-bond donors (Lipinski definition) is 2. The van der Waals surface area contributed by atoms with Crippen molar-refractivity contribution in [3.63, 3.8) is 0 Å². The topological polar surface area (TPSA) is 78.2 Å². The maximum atomic E-state index is 15.7. The van der Waals surface area contributed by atoms with Gasteiger partial charge in [-0.2, -0.15) is 0 Å². The fourth-order valence-electron chi connectivity index (χ4n) is 5.26. The van der Waals surface area contributed by atoms with Crippen LogP contribution in [0.1, 0.15) is 35.3 Å². The highest BCUT2D eigenvalue weighted by Gasteiger charge is 2.26. The van der Waals surface area contributed by atoms with Crippen LogP contribution in [0, 0.1) is 5.82 Å². The van der Waals surface area contributed by atoms with Crippen molar-refractivity contribution >= 4 is 28.3 Å². The van der Waals surface area contributed by atoms with Gasteiger partial charge in [-0.1, -0.05) is 18.2 Å². The van der Waals surface area contributed by atoms with Crippen LogP contribution in [0.4, 0.5) is 8.78 Å². The molecule has 0 spiro atoms. The Balaban J connectivity index is 1.23. The zero-order valence-electron chi connectivity index (χ0n) is 21.8. The Morgan fingerprint density at radius 1 is 1.03 bits per heavy atom. The van der Waals surface area contributed by atoms with Crippen LogP contribution in [0.15, 0.2) is 36.7 Å². The molecule has 0 atom stereocenters. The number of benzene rings is 1. The number of nitrogens with zero attached hydrogens (tertiary/aromatic N) is 5. The second-order valence-electron chi connectivity index (χ2n) is 10.0. The second-order valence-corrected chi connectivity index (χ2v) is 10.0. The van der Waals surface area contributed by atoms with Gasteiger partial charge in [0.25, 0.3) is 5.91 Å². The molecule has 11 heteroatoms. The quantitative estimate of drug-likeness (QED) is 0.550. The van der Waals surface area contributed by atoms with Gasteiger partial charge in [-0.3, -0.25) is 28.9 Å². The molecule has 2 aromatic rings. The zero-order valence-corrected chi connectivity index (χ0v) is 21.8. The maximum absolute atomic E-state index is 15.7. The monoisotopic (exact) mass is 527 g/mol. The van der Waals surface area contributed by atoms with E-state index in [-0.39, 0.29) is 18.5 Å². The molecule has 3 aliphatic heterocycles. The summed E-state index contributed by atoms with van der Waals surface area (Å²) in [6, 6.07) is 5.25. The molecule has 38 heavy (non-hydrogen) atoms. The normalized spacial score (nSPS) is 18.6. The molecule has 0 radical (unpaired) electrons. The molecule has 2 amide bonds. The average molecular weight is 528 g/mol. The van der Waals surface area contributed by atoms with Crippen LogP contribution in [0.2, 0.25) is 0 Å². The van der Waals surface area contributed by atoms with Gasteiger partial charge in [-0.05, 0) is 24.5 Å². The van der Waals surface area contributed by atoms with E-state index in [1.54, 1.807) is 21.9 Å². The molecule has 1 aromatic carbocycles. The van der Waals surface area contributed by atoms with Crippen molar-refractivity contribution in [3.05, 3.63) is 53.7 Å². The lowest BCUT2D eigenvalue weighted by atomic mass is 9.99. The molecule has 0 saturated carbocycles. The average Bonchev–Trinajstić information content (AvgIpc) is 3.57. The van der Waals surface area contributed by atoms with E-state index >= 15 is 4.39 Å². The molecule has 204 valence electrons. The standard InChI is InChI=1S/C27H35F2N7O2/c1-32-12-17-36(31-32)11-7-24(37)35-10-2-4-21(19-35)22-6-5-20-18-23(30-26(20)25(22)29)27(38)34-15-13-33(14-16-34)9-3-8-28/h4-6,12,17-18,30-31H,2-3,7-11,13-16,19H2,1H3. The maximum Gasteiger partial charge on any atom is 0.270 e. The third kappa shape index (κ3) is 5.68. The van der Waals surface area contributed by atoms with Crippen LogP contribution in [0.25, 0.3) is 16.5 Å². The van der Waals surface area contributed by atoms with E-state index < -0.39 is 5.82 Å². The number of halogens is 2.